The molecule has 0 saturated heterocycles. The third-order valence-corrected chi connectivity index (χ3v) is 4.85. The Hall–Kier alpha value is -1.98. The summed E-state index contributed by atoms with van der Waals surface area (Å²) >= 11 is 1.69. The first kappa shape index (κ1) is 15.9. The van der Waals surface area contributed by atoms with E-state index in [-0.39, 0.29) is 12.1 Å². The highest BCUT2D eigenvalue weighted by molar-refractivity contribution is 7.98. The Morgan fingerprint density at radius 3 is 2.70 bits per heavy atom. The molecule has 0 radical (unpaired) electrons. The minimum absolute atomic E-state index is 0.264. The zero-order chi connectivity index (χ0) is 16.2. The molecule has 0 spiro atoms. The maximum atomic E-state index is 12.1. The number of nitrogens with one attached hydrogen (secondary N) is 2. The van der Waals surface area contributed by atoms with Crippen molar-refractivity contribution in [2.24, 2.45) is 0 Å². The van der Waals surface area contributed by atoms with Crippen molar-refractivity contribution in [3.05, 3.63) is 65.2 Å². The van der Waals surface area contributed by atoms with E-state index in [1.165, 1.54) is 4.90 Å². The maximum Gasteiger partial charge on any atom is 0.315 e. The van der Waals surface area contributed by atoms with Crippen LogP contribution in [0.1, 0.15) is 22.7 Å². The maximum absolute atomic E-state index is 12.1. The lowest BCUT2D eigenvalue weighted by Crippen LogP contribution is -2.40. The molecule has 0 fully saturated rings. The van der Waals surface area contributed by atoms with Gasteiger partial charge in [0.15, 0.2) is 0 Å². The van der Waals surface area contributed by atoms with Gasteiger partial charge in [-0.15, -0.1) is 11.8 Å². The summed E-state index contributed by atoms with van der Waals surface area (Å²) in [7, 11) is 0. The minimum Gasteiger partial charge on any atom is -0.390 e. The first-order valence-electron chi connectivity index (χ1n) is 7.60. The van der Waals surface area contributed by atoms with Crippen molar-refractivity contribution in [1.29, 1.82) is 0 Å². The van der Waals surface area contributed by atoms with Gasteiger partial charge in [0.2, 0.25) is 0 Å². The average molecular weight is 328 g/mol. The van der Waals surface area contributed by atoms with E-state index in [1.807, 2.05) is 54.8 Å². The number of hydrogen-bond acceptors (Lipinski definition) is 3. The molecule has 2 aromatic carbocycles. The highest BCUT2D eigenvalue weighted by atomic mass is 32.2. The SMILES string of the molecule is CSc1ccc(CNC(=O)NC2c3ccccc3CC2O)cc1. The zero-order valence-corrected chi connectivity index (χ0v) is 13.8. The monoisotopic (exact) mass is 328 g/mol. The molecule has 0 aromatic heterocycles. The molecular weight excluding hydrogens is 308 g/mol. The number of aliphatic hydroxyl groups excluding tert-OH is 1. The molecular formula is C18H20N2O2S. The molecule has 4 nitrogen and oxygen atoms in total. The molecule has 2 aromatic rings. The third-order valence-electron chi connectivity index (χ3n) is 4.10. The molecule has 0 saturated carbocycles. The van der Waals surface area contributed by atoms with E-state index in [0.29, 0.717) is 13.0 Å². The molecule has 1 aliphatic carbocycles. The van der Waals surface area contributed by atoms with Gasteiger partial charge in [0.25, 0.3) is 0 Å². The van der Waals surface area contributed by atoms with Crippen LogP contribution in [0.3, 0.4) is 0 Å². The van der Waals surface area contributed by atoms with Gasteiger partial charge in [-0.3, -0.25) is 0 Å². The molecule has 1 aliphatic rings. The van der Waals surface area contributed by atoms with Gasteiger partial charge < -0.3 is 15.7 Å². The first-order valence-corrected chi connectivity index (χ1v) is 8.83. The van der Waals surface area contributed by atoms with E-state index >= 15 is 0 Å². The average Bonchev–Trinajstić information content (AvgIpc) is 2.89. The van der Waals surface area contributed by atoms with Crippen LogP contribution in [-0.4, -0.2) is 23.5 Å². The number of benzene rings is 2. The van der Waals surface area contributed by atoms with Gasteiger partial charge in [-0.05, 0) is 35.1 Å². The van der Waals surface area contributed by atoms with Crippen LogP contribution in [0.25, 0.3) is 0 Å². The summed E-state index contributed by atoms with van der Waals surface area (Å²) in [6.45, 7) is 0.463. The Morgan fingerprint density at radius 1 is 1.22 bits per heavy atom. The fourth-order valence-electron chi connectivity index (χ4n) is 2.87. The fourth-order valence-corrected chi connectivity index (χ4v) is 3.27. The Balaban J connectivity index is 1.57. The van der Waals surface area contributed by atoms with Crippen LogP contribution < -0.4 is 10.6 Å². The molecule has 0 aliphatic heterocycles. The highest BCUT2D eigenvalue weighted by Gasteiger charge is 2.31. The first-order chi connectivity index (χ1) is 11.2. The van der Waals surface area contributed by atoms with E-state index in [1.54, 1.807) is 11.8 Å². The number of urea groups is 1. The van der Waals surface area contributed by atoms with Gasteiger partial charge in [-0.2, -0.15) is 0 Å². The molecule has 2 atom stereocenters. The number of aliphatic hydroxyl groups is 1. The van der Waals surface area contributed by atoms with E-state index in [0.717, 1.165) is 16.7 Å². The van der Waals surface area contributed by atoms with Crippen molar-refractivity contribution in [3.8, 4) is 0 Å². The number of rotatable bonds is 4. The van der Waals surface area contributed by atoms with Crippen LogP contribution in [0.5, 0.6) is 0 Å². The Morgan fingerprint density at radius 2 is 1.96 bits per heavy atom. The third kappa shape index (κ3) is 3.68. The van der Waals surface area contributed by atoms with Crippen molar-refractivity contribution >= 4 is 17.8 Å². The smallest absolute Gasteiger partial charge is 0.315 e. The van der Waals surface area contributed by atoms with Crippen molar-refractivity contribution in [3.63, 3.8) is 0 Å². The molecule has 0 bridgehead atoms. The van der Waals surface area contributed by atoms with Gasteiger partial charge in [-0.25, -0.2) is 4.79 Å². The standard InChI is InChI=1S/C18H20N2O2S/c1-23-14-8-6-12(7-9-14)11-19-18(22)20-17-15-5-3-2-4-13(15)10-16(17)21/h2-9,16-17,21H,10-11H2,1H3,(H2,19,20,22). The van der Waals surface area contributed by atoms with Gasteiger partial charge >= 0.3 is 6.03 Å². The minimum atomic E-state index is -0.570. The number of carbonyl (C=O) groups is 1. The molecule has 5 heteroatoms. The zero-order valence-electron chi connectivity index (χ0n) is 13.0. The van der Waals surface area contributed by atoms with E-state index in [9.17, 15) is 9.90 Å². The Kier molecular flexibility index (Phi) is 4.88. The molecule has 0 heterocycles. The molecule has 120 valence electrons. The number of hydrogen-bond donors (Lipinski definition) is 3. The second-order valence-corrected chi connectivity index (χ2v) is 6.50. The molecule has 2 amide bonds. The molecule has 3 N–H and O–H groups in total. The number of fused-ring (bicyclic) bond motifs is 1. The van der Waals surface area contributed by atoms with Crippen molar-refractivity contribution in [2.75, 3.05) is 6.26 Å². The van der Waals surface area contributed by atoms with Crippen LogP contribution in [0.4, 0.5) is 4.79 Å². The normalized spacial score (nSPS) is 19.2. The lowest BCUT2D eigenvalue weighted by Gasteiger charge is -2.18. The lowest BCUT2D eigenvalue weighted by molar-refractivity contribution is 0.142. The van der Waals surface area contributed by atoms with Crippen molar-refractivity contribution < 1.29 is 9.90 Å². The number of thioether (sulfide) groups is 1. The van der Waals surface area contributed by atoms with Crippen LogP contribution in [0.2, 0.25) is 0 Å². The van der Waals surface area contributed by atoms with Crippen molar-refractivity contribution in [2.45, 2.75) is 30.0 Å². The van der Waals surface area contributed by atoms with Crippen LogP contribution in [0, 0.1) is 0 Å². The predicted molar refractivity (Wildman–Crippen MR) is 92.5 cm³/mol. The van der Waals surface area contributed by atoms with Crippen LogP contribution >= 0.6 is 11.8 Å². The highest BCUT2D eigenvalue weighted by Crippen LogP contribution is 2.31. The topological polar surface area (TPSA) is 61.4 Å². The number of carbonyl (C=O) groups excluding carboxylic acids is 1. The van der Waals surface area contributed by atoms with Gasteiger partial charge in [0.05, 0.1) is 12.1 Å². The Labute approximate surface area is 140 Å². The largest absolute Gasteiger partial charge is 0.390 e. The van der Waals surface area contributed by atoms with Crippen LogP contribution in [-0.2, 0) is 13.0 Å². The molecule has 2 unspecified atom stereocenters. The summed E-state index contributed by atoms with van der Waals surface area (Å²) < 4.78 is 0. The molecule has 23 heavy (non-hydrogen) atoms. The summed E-state index contributed by atoms with van der Waals surface area (Å²) in [4.78, 5) is 13.3. The summed E-state index contributed by atoms with van der Waals surface area (Å²) in [6.07, 6.45) is 2.04. The van der Waals surface area contributed by atoms with Gasteiger partial charge in [0.1, 0.15) is 0 Å². The summed E-state index contributed by atoms with van der Waals surface area (Å²) in [5.41, 5.74) is 3.14. The summed E-state index contributed by atoms with van der Waals surface area (Å²) in [5.74, 6) is 0. The lowest BCUT2D eigenvalue weighted by atomic mass is 10.1. The predicted octanol–water partition coefficient (Wildman–Crippen LogP) is 2.87. The summed E-state index contributed by atoms with van der Waals surface area (Å²) in [5, 5.41) is 15.9. The quantitative estimate of drug-likeness (QED) is 0.756. The van der Waals surface area contributed by atoms with Gasteiger partial charge in [0, 0.05) is 17.9 Å². The summed E-state index contributed by atoms with van der Waals surface area (Å²) in [6, 6.07) is 15.3. The molecule has 3 rings (SSSR count). The van der Waals surface area contributed by atoms with Crippen molar-refractivity contribution in [1.82, 2.24) is 10.6 Å². The Bertz CT molecular complexity index is 688. The second-order valence-electron chi connectivity index (χ2n) is 5.62. The van der Waals surface area contributed by atoms with Gasteiger partial charge in [-0.1, -0.05) is 36.4 Å². The fraction of sp³-hybridized carbons (Fsp3) is 0.278. The van der Waals surface area contributed by atoms with E-state index < -0.39 is 6.10 Å². The van der Waals surface area contributed by atoms with Crippen LogP contribution in [0.15, 0.2) is 53.4 Å². The second kappa shape index (κ2) is 7.06. The van der Waals surface area contributed by atoms with E-state index in [2.05, 4.69) is 10.6 Å². The van der Waals surface area contributed by atoms with E-state index in [4.69, 9.17) is 0 Å². The number of amides is 2.